The van der Waals surface area contributed by atoms with Crippen LogP contribution in [-0.4, -0.2) is 31.4 Å². The van der Waals surface area contributed by atoms with Crippen LogP contribution in [0.4, 0.5) is 5.95 Å². The van der Waals surface area contributed by atoms with Gasteiger partial charge in [0.15, 0.2) is 5.78 Å². The van der Waals surface area contributed by atoms with E-state index < -0.39 is 0 Å². The molecule has 6 nitrogen and oxygen atoms in total. The third-order valence-electron chi connectivity index (χ3n) is 4.39. The third-order valence-corrected chi connectivity index (χ3v) is 5.22. The fourth-order valence-corrected chi connectivity index (χ4v) is 3.86. The summed E-state index contributed by atoms with van der Waals surface area (Å²) in [5, 5.41) is 18.1. The number of hydrogen-bond donors (Lipinski definition) is 2. The molecular formula is C18H18N4O2S. The number of nitrogens with zero attached hydrogens (tertiary/aromatic N) is 3. The van der Waals surface area contributed by atoms with E-state index >= 15 is 0 Å². The Hall–Kier alpha value is -2.54. The Morgan fingerprint density at radius 3 is 2.92 bits per heavy atom. The molecule has 0 saturated heterocycles. The van der Waals surface area contributed by atoms with Gasteiger partial charge >= 0.3 is 0 Å². The number of hydrogen-bond acceptors (Lipinski definition) is 6. The fraction of sp³-hybridized carbons (Fsp3) is 0.278. The SMILES string of the molecule is C=CCSc1nc2n(n1)[C@@H](c1ccc(O)cc1)C1=C(CCCC1=O)N2. The van der Waals surface area contributed by atoms with E-state index in [2.05, 4.69) is 22.0 Å². The molecule has 0 unspecified atom stereocenters. The number of anilines is 1. The predicted molar refractivity (Wildman–Crippen MR) is 96.7 cm³/mol. The predicted octanol–water partition coefficient (Wildman–Crippen LogP) is 3.28. The highest BCUT2D eigenvalue weighted by Crippen LogP contribution is 2.40. The second kappa shape index (κ2) is 6.40. The van der Waals surface area contributed by atoms with E-state index in [1.807, 2.05) is 18.2 Å². The minimum absolute atomic E-state index is 0.147. The van der Waals surface area contributed by atoms with Gasteiger partial charge in [-0.05, 0) is 30.5 Å². The highest BCUT2D eigenvalue weighted by Gasteiger charge is 2.36. The Morgan fingerprint density at radius 1 is 1.36 bits per heavy atom. The number of carbonyl (C=O) groups is 1. The van der Waals surface area contributed by atoms with Crippen molar-refractivity contribution in [3.05, 3.63) is 53.8 Å². The quantitative estimate of drug-likeness (QED) is 0.648. The molecule has 2 aromatic rings. The number of thioether (sulfide) groups is 1. The number of phenols is 1. The van der Waals surface area contributed by atoms with Crippen molar-refractivity contribution in [2.75, 3.05) is 11.1 Å². The van der Waals surface area contributed by atoms with Gasteiger partial charge in [0.25, 0.3) is 0 Å². The maximum atomic E-state index is 12.6. The van der Waals surface area contributed by atoms with Crippen molar-refractivity contribution in [3.63, 3.8) is 0 Å². The van der Waals surface area contributed by atoms with Gasteiger partial charge in [0.1, 0.15) is 11.8 Å². The number of ketones is 1. The standard InChI is InChI=1S/C18H18N4O2S/c1-2-10-25-18-20-17-19-13-4-3-5-14(24)15(13)16(22(17)21-18)11-6-8-12(23)9-7-11/h2,6-9,16,23H,1,3-5,10H2,(H,19,20,21)/t16-/m0/s1. The maximum Gasteiger partial charge on any atom is 0.227 e. The number of nitrogens with one attached hydrogen (secondary N) is 1. The smallest absolute Gasteiger partial charge is 0.227 e. The molecule has 1 atom stereocenters. The summed E-state index contributed by atoms with van der Waals surface area (Å²) >= 11 is 1.50. The van der Waals surface area contributed by atoms with Crippen molar-refractivity contribution in [1.29, 1.82) is 0 Å². The minimum atomic E-state index is -0.315. The molecule has 0 amide bonds. The monoisotopic (exact) mass is 354 g/mol. The molecule has 128 valence electrons. The molecule has 4 rings (SSSR count). The van der Waals surface area contributed by atoms with Gasteiger partial charge < -0.3 is 10.4 Å². The van der Waals surface area contributed by atoms with Gasteiger partial charge in [0, 0.05) is 23.4 Å². The summed E-state index contributed by atoms with van der Waals surface area (Å²) in [6.45, 7) is 3.72. The van der Waals surface area contributed by atoms with Crippen LogP contribution < -0.4 is 5.32 Å². The summed E-state index contributed by atoms with van der Waals surface area (Å²) in [6, 6.07) is 6.62. The first-order valence-electron chi connectivity index (χ1n) is 8.20. The number of carbonyl (C=O) groups excluding carboxylic acids is 1. The second-order valence-corrected chi connectivity index (χ2v) is 7.04. The van der Waals surface area contributed by atoms with E-state index in [0.717, 1.165) is 35.4 Å². The number of rotatable bonds is 4. The molecule has 0 spiro atoms. The molecule has 2 aliphatic rings. The molecule has 1 aromatic heterocycles. The number of aromatic nitrogens is 3. The first-order chi connectivity index (χ1) is 12.2. The van der Waals surface area contributed by atoms with Crippen LogP contribution in [0, 0.1) is 0 Å². The normalized spacial score (nSPS) is 19.2. The molecule has 1 aromatic carbocycles. The Morgan fingerprint density at radius 2 is 2.16 bits per heavy atom. The first kappa shape index (κ1) is 16.0. The van der Waals surface area contributed by atoms with Gasteiger partial charge in [0.05, 0.1) is 0 Å². The summed E-state index contributed by atoms with van der Waals surface area (Å²) in [5.74, 6) is 1.72. The Balaban J connectivity index is 1.83. The summed E-state index contributed by atoms with van der Waals surface area (Å²) in [7, 11) is 0. The van der Waals surface area contributed by atoms with Gasteiger partial charge in [-0.1, -0.05) is 30.0 Å². The zero-order valence-corrected chi connectivity index (χ0v) is 14.4. The molecule has 1 aliphatic heterocycles. The zero-order valence-electron chi connectivity index (χ0n) is 13.6. The van der Waals surface area contributed by atoms with E-state index in [1.165, 1.54) is 11.8 Å². The largest absolute Gasteiger partial charge is 0.508 e. The van der Waals surface area contributed by atoms with Gasteiger partial charge in [0.2, 0.25) is 11.1 Å². The van der Waals surface area contributed by atoms with Crippen LogP contribution in [0.1, 0.15) is 30.9 Å². The fourth-order valence-electron chi connectivity index (χ4n) is 3.30. The summed E-state index contributed by atoms with van der Waals surface area (Å²) in [6.07, 6.45) is 4.04. The lowest BCUT2D eigenvalue weighted by atomic mass is 9.85. The number of allylic oxidation sites excluding steroid dienone is 2. The van der Waals surface area contributed by atoms with Crippen LogP contribution in [0.2, 0.25) is 0 Å². The molecule has 2 heterocycles. The average Bonchev–Trinajstić information content (AvgIpc) is 3.01. The van der Waals surface area contributed by atoms with Crippen LogP contribution >= 0.6 is 11.8 Å². The summed E-state index contributed by atoms with van der Waals surface area (Å²) < 4.78 is 1.78. The topological polar surface area (TPSA) is 80.0 Å². The van der Waals surface area contributed by atoms with Crippen molar-refractivity contribution < 1.29 is 9.90 Å². The van der Waals surface area contributed by atoms with E-state index in [4.69, 9.17) is 0 Å². The Kier molecular flexibility index (Phi) is 4.09. The molecule has 2 N–H and O–H groups in total. The number of aromatic hydroxyl groups is 1. The first-order valence-corrected chi connectivity index (χ1v) is 9.18. The van der Waals surface area contributed by atoms with Crippen LogP contribution in [-0.2, 0) is 4.79 Å². The Bertz CT molecular complexity index is 870. The maximum absolute atomic E-state index is 12.6. The Labute approximate surface area is 149 Å². The molecule has 0 bridgehead atoms. The van der Waals surface area contributed by atoms with Gasteiger partial charge in [-0.15, -0.1) is 11.7 Å². The molecular weight excluding hydrogens is 336 g/mol. The van der Waals surface area contributed by atoms with Crippen LogP contribution in [0.5, 0.6) is 5.75 Å². The molecule has 1 aliphatic carbocycles. The number of Topliss-reactive ketones (excluding diaryl/α,β-unsaturated/α-hetero) is 1. The van der Waals surface area contributed by atoms with E-state index in [9.17, 15) is 9.90 Å². The highest BCUT2D eigenvalue weighted by atomic mass is 32.2. The summed E-state index contributed by atoms with van der Waals surface area (Å²) in [5.41, 5.74) is 2.61. The molecule has 25 heavy (non-hydrogen) atoms. The lowest BCUT2D eigenvalue weighted by molar-refractivity contribution is -0.116. The van der Waals surface area contributed by atoms with E-state index in [1.54, 1.807) is 16.8 Å². The molecule has 0 radical (unpaired) electrons. The number of benzene rings is 1. The van der Waals surface area contributed by atoms with Crippen molar-refractivity contribution in [2.24, 2.45) is 0 Å². The van der Waals surface area contributed by atoms with Crippen molar-refractivity contribution >= 4 is 23.5 Å². The van der Waals surface area contributed by atoms with E-state index in [-0.39, 0.29) is 17.6 Å². The van der Waals surface area contributed by atoms with Crippen molar-refractivity contribution in [2.45, 2.75) is 30.5 Å². The zero-order chi connectivity index (χ0) is 17.4. The summed E-state index contributed by atoms with van der Waals surface area (Å²) in [4.78, 5) is 17.2. The van der Waals surface area contributed by atoms with Crippen molar-refractivity contribution in [3.8, 4) is 5.75 Å². The average molecular weight is 354 g/mol. The number of phenolic OH excluding ortho intramolecular Hbond substituents is 1. The molecule has 7 heteroatoms. The van der Waals surface area contributed by atoms with Crippen LogP contribution in [0.25, 0.3) is 0 Å². The van der Waals surface area contributed by atoms with Gasteiger partial charge in [-0.2, -0.15) is 4.98 Å². The molecule has 0 fully saturated rings. The van der Waals surface area contributed by atoms with E-state index in [0.29, 0.717) is 17.5 Å². The number of fused-ring (bicyclic) bond motifs is 1. The highest BCUT2D eigenvalue weighted by molar-refractivity contribution is 7.99. The molecule has 0 saturated carbocycles. The second-order valence-electron chi connectivity index (χ2n) is 6.05. The van der Waals surface area contributed by atoms with Crippen molar-refractivity contribution in [1.82, 2.24) is 14.8 Å². The third kappa shape index (κ3) is 2.84. The lowest BCUT2D eigenvalue weighted by Crippen LogP contribution is -2.31. The van der Waals surface area contributed by atoms with Crippen LogP contribution in [0.15, 0.2) is 53.3 Å². The van der Waals surface area contributed by atoms with Gasteiger partial charge in [-0.3, -0.25) is 4.79 Å². The van der Waals surface area contributed by atoms with Crippen LogP contribution in [0.3, 0.4) is 0 Å². The lowest BCUT2D eigenvalue weighted by Gasteiger charge is -2.32. The minimum Gasteiger partial charge on any atom is -0.508 e. The van der Waals surface area contributed by atoms with Gasteiger partial charge in [-0.25, -0.2) is 4.68 Å².